The Balaban J connectivity index is 2.32. The number of nitro groups is 1. The van der Waals surface area contributed by atoms with Crippen LogP contribution in [-0.2, 0) is 7.05 Å². The fourth-order valence-electron chi connectivity index (χ4n) is 1.55. The number of nitro benzene ring substituents is 1. The van der Waals surface area contributed by atoms with Gasteiger partial charge in [0.15, 0.2) is 0 Å². The highest BCUT2D eigenvalue weighted by molar-refractivity contribution is 6.07. The molecule has 1 aromatic carbocycles. The summed E-state index contributed by atoms with van der Waals surface area (Å²) < 4.78 is 0. The highest BCUT2D eigenvalue weighted by atomic mass is 16.6. The number of tetrazole rings is 1. The van der Waals surface area contributed by atoms with E-state index in [-0.39, 0.29) is 17.2 Å². The molecule has 10 heteroatoms. The highest BCUT2D eigenvalue weighted by Gasteiger charge is 2.17. The van der Waals surface area contributed by atoms with Crippen LogP contribution in [0.4, 0.5) is 17.3 Å². The van der Waals surface area contributed by atoms with E-state index in [1.807, 2.05) is 0 Å². The second-order valence-corrected chi connectivity index (χ2v) is 3.79. The van der Waals surface area contributed by atoms with Gasteiger partial charge in [-0.25, -0.2) is 0 Å². The summed E-state index contributed by atoms with van der Waals surface area (Å²) in [6.45, 7) is 0. The quantitative estimate of drug-likeness (QED) is 0.611. The Morgan fingerprint density at radius 2 is 2.20 bits per heavy atom. The molecule has 0 radical (unpaired) electrons. The lowest BCUT2D eigenvalue weighted by Crippen LogP contribution is -2.15. The molecule has 0 aliphatic carbocycles. The van der Waals surface area contributed by atoms with Crippen molar-refractivity contribution in [2.75, 3.05) is 17.7 Å². The highest BCUT2D eigenvalue weighted by Crippen LogP contribution is 2.22. The molecular weight excluding hydrogens is 266 g/mol. The van der Waals surface area contributed by atoms with Crippen LogP contribution in [0.25, 0.3) is 0 Å². The largest absolute Gasteiger partial charge is 0.387 e. The standard InChI is InChI=1S/C10H11N7O3/c1-11-8-4-3-6(17(19)20)5-7(8)9(18)12-10-13-15-16(2)14-10/h3-5,11H,1-2H3,(H,12,14,18). The van der Waals surface area contributed by atoms with Crippen LogP contribution in [-0.4, -0.2) is 38.1 Å². The molecule has 0 aliphatic rings. The topological polar surface area (TPSA) is 128 Å². The zero-order chi connectivity index (χ0) is 14.7. The third kappa shape index (κ3) is 2.68. The maximum atomic E-state index is 12.1. The van der Waals surface area contributed by atoms with Crippen LogP contribution < -0.4 is 10.6 Å². The fraction of sp³-hybridized carbons (Fsp3) is 0.200. The molecule has 0 fully saturated rings. The smallest absolute Gasteiger partial charge is 0.270 e. The van der Waals surface area contributed by atoms with Crippen molar-refractivity contribution in [1.82, 2.24) is 20.2 Å². The number of benzene rings is 1. The predicted octanol–water partition coefficient (Wildman–Crippen LogP) is 0.412. The van der Waals surface area contributed by atoms with Crippen LogP contribution in [0, 0.1) is 10.1 Å². The van der Waals surface area contributed by atoms with Crippen molar-refractivity contribution in [2.24, 2.45) is 7.05 Å². The van der Waals surface area contributed by atoms with Gasteiger partial charge in [0.1, 0.15) is 0 Å². The fourth-order valence-corrected chi connectivity index (χ4v) is 1.55. The lowest BCUT2D eigenvalue weighted by atomic mass is 10.1. The molecule has 0 unspecified atom stereocenters. The minimum Gasteiger partial charge on any atom is -0.387 e. The number of aromatic nitrogens is 4. The second-order valence-electron chi connectivity index (χ2n) is 3.79. The Hall–Kier alpha value is -3.04. The minimum atomic E-state index is -0.573. The molecule has 0 saturated heterocycles. The molecule has 2 aromatic rings. The average Bonchev–Trinajstić information content (AvgIpc) is 2.83. The number of nitrogens with one attached hydrogen (secondary N) is 2. The molecule has 1 heterocycles. The van der Waals surface area contributed by atoms with E-state index in [0.29, 0.717) is 5.69 Å². The summed E-state index contributed by atoms with van der Waals surface area (Å²) in [5, 5.41) is 26.9. The van der Waals surface area contributed by atoms with Crippen molar-refractivity contribution in [3.8, 4) is 0 Å². The Labute approximate surface area is 112 Å². The van der Waals surface area contributed by atoms with Crippen LogP contribution >= 0.6 is 0 Å². The molecule has 0 bridgehead atoms. The van der Waals surface area contributed by atoms with Gasteiger partial charge in [0, 0.05) is 24.9 Å². The number of carbonyl (C=O) groups excluding carboxylic acids is 1. The number of carbonyl (C=O) groups is 1. The molecule has 104 valence electrons. The number of nitrogens with zero attached hydrogens (tertiary/aromatic N) is 5. The van der Waals surface area contributed by atoms with Gasteiger partial charge < -0.3 is 5.32 Å². The van der Waals surface area contributed by atoms with E-state index in [4.69, 9.17) is 0 Å². The number of hydrogen-bond acceptors (Lipinski definition) is 7. The third-order valence-electron chi connectivity index (χ3n) is 2.46. The van der Waals surface area contributed by atoms with Gasteiger partial charge in [0.2, 0.25) is 0 Å². The first-order chi connectivity index (χ1) is 9.51. The molecule has 0 spiro atoms. The van der Waals surface area contributed by atoms with Gasteiger partial charge in [-0.15, -0.1) is 5.10 Å². The van der Waals surface area contributed by atoms with Gasteiger partial charge in [-0.2, -0.15) is 4.80 Å². The Kier molecular flexibility index (Phi) is 3.55. The summed E-state index contributed by atoms with van der Waals surface area (Å²) in [6.07, 6.45) is 0. The molecule has 0 atom stereocenters. The minimum absolute atomic E-state index is 0.0195. The summed E-state index contributed by atoms with van der Waals surface area (Å²) in [5.41, 5.74) is 0.396. The van der Waals surface area contributed by atoms with E-state index < -0.39 is 10.8 Å². The van der Waals surface area contributed by atoms with E-state index in [2.05, 4.69) is 26.0 Å². The van der Waals surface area contributed by atoms with Gasteiger partial charge in [0.05, 0.1) is 17.5 Å². The molecule has 10 nitrogen and oxygen atoms in total. The van der Waals surface area contributed by atoms with Crippen LogP contribution in [0.5, 0.6) is 0 Å². The third-order valence-corrected chi connectivity index (χ3v) is 2.46. The predicted molar refractivity (Wildman–Crippen MR) is 69.4 cm³/mol. The number of non-ortho nitro benzene ring substituents is 1. The summed E-state index contributed by atoms with van der Waals surface area (Å²) in [6, 6.07) is 3.94. The first-order valence-corrected chi connectivity index (χ1v) is 5.53. The zero-order valence-electron chi connectivity index (χ0n) is 10.7. The van der Waals surface area contributed by atoms with E-state index in [9.17, 15) is 14.9 Å². The monoisotopic (exact) mass is 277 g/mol. The molecule has 2 rings (SSSR count). The van der Waals surface area contributed by atoms with Crippen molar-refractivity contribution in [1.29, 1.82) is 0 Å². The SMILES string of the molecule is CNc1ccc([N+](=O)[O-])cc1C(=O)Nc1nnn(C)n1. The Bertz CT molecular complexity index is 667. The summed E-state index contributed by atoms with van der Waals surface area (Å²) >= 11 is 0. The van der Waals surface area contributed by atoms with Crippen LogP contribution in [0.3, 0.4) is 0 Å². The van der Waals surface area contributed by atoms with E-state index in [0.717, 1.165) is 0 Å². The normalized spacial score (nSPS) is 10.1. The molecule has 2 N–H and O–H groups in total. The summed E-state index contributed by atoms with van der Waals surface area (Å²) in [7, 11) is 3.16. The number of rotatable bonds is 4. The molecule has 0 saturated carbocycles. The van der Waals surface area contributed by atoms with Gasteiger partial charge in [-0.1, -0.05) is 5.10 Å². The first-order valence-electron chi connectivity index (χ1n) is 5.53. The van der Waals surface area contributed by atoms with Gasteiger partial charge >= 0.3 is 0 Å². The van der Waals surface area contributed by atoms with Crippen LogP contribution in [0.2, 0.25) is 0 Å². The number of hydrogen-bond donors (Lipinski definition) is 2. The van der Waals surface area contributed by atoms with Crippen molar-refractivity contribution < 1.29 is 9.72 Å². The van der Waals surface area contributed by atoms with Gasteiger partial charge in [-0.3, -0.25) is 20.2 Å². The maximum Gasteiger partial charge on any atom is 0.270 e. The molecule has 1 amide bonds. The van der Waals surface area contributed by atoms with Gasteiger partial charge in [-0.05, 0) is 11.3 Å². The van der Waals surface area contributed by atoms with E-state index in [1.165, 1.54) is 23.0 Å². The number of aryl methyl sites for hydroxylation is 1. The molecular formula is C10H11N7O3. The second kappa shape index (κ2) is 5.30. The first kappa shape index (κ1) is 13.4. The lowest BCUT2D eigenvalue weighted by Gasteiger charge is -2.07. The number of amides is 1. The van der Waals surface area contributed by atoms with E-state index >= 15 is 0 Å². The Morgan fingerprint density at radius 3 is 2.75 bits per heavy atom. The Morgan fingerprint density at radius 1 is 1.45 bits per heavy atom. The molecule has 0 aliphatic heterocycles. The van der Waals surface area contributed by atoms with Gasteiger partial charge in [0.25, 0.3) is 17.5 Å². The maximum absolute atomic E-state index is 12.1. The van der Waals surface area contributed by atoms with Crippen LogP contribution in [0.15, 0.2) is 18.2 Å². The van der Waals surface area contributed by atoms with E-state index in [1.54, 1.807) is 14.1 Å². The van der Waals surface area contributed by atoms with Crippen LogP contribution in [0.1, 0.15) is 10.4 Å². The number of anilines is 2. The molecule has 1 aromatic heterocycles. The lowest BCUT2D eigenvalue weighted by molar-refractivity contribution is -0.384. The van der Waals surface area contributed by atoms with Crippen molar-refractivity contribution >= 4 is 23.2 Å². The molecule has 20 heavy (non-hydrogen) atoms. The van der Waals surface area contributed by atoms with Crippen molar-refractivity contribution in [3.63, 3.8) is 0 Å². The summed E-state index contributed by atoms with van der Waals surface area (Å²) in [4.78, 5) is 23.4. The average molecular weight is 277 g/mol. The summed E-state index contributed by atoms with van der Waals surface area (Å²) in [5.74, 6) is -0.544. The zero-order valence-corrected chi connectivity index (χ0v) is 10.7. The van der Waals surface area contributed by atoms with Crippen molar-refractivity contribution in [2.45, 2.75) is 0 Å². The van der Waals surface area contributed by atoms with Crippen molar-refractivity contribution in [3.05, 3.63) is 33.9 Å².